The third-order valence-electron chi connectivity index (χ3n) is 2.00. The smallest absolute Gasteiger partial charge is 0.0571 e. The highest BCUT2D eigenvalue weighted by Gasteiger charge is 2.02. The Kier molecular flexibility index (Phi) is 8.95. The Bertz CT molecular complexity index is 77.9. The maximum atomic E-state index is 3.43. The van der Waals surface area contributed by atoms with Crippen LogP contribution in [-0.4, -0.2) is 19.3 Å². The van der Waals surface area contributed by atoms with Crippen molar-refractivity contribution in [2.75, 3.05) is 13.1 Å². The third-order valence-corrected chi connectivity index (χ3v) is 2.00. The SMILES string of the molecule is CCCCCC(NCC)NCC. The van der Waals surface area contributed by atoms with Crippen LogP contribution in [0.4, 0.5) is 0 Å². The summed E-state index contributed by atoms with van der Waals surface area (Å²) in [7, 11) is 0. The molecule has 0 aromatic rings. The van der Waals surface area contributed by atoms with Crippen LogP contribution in [0.3, 0.4) is 0 Å². The van der Waals surface area contributed by atoms with E-state index in [1.54, 1.807) is 0 Å². The van der Waals surface area contributed by atoms with Gasteiger partial charge < -0.3 is 10.6 Å². The number of nitrogens with one attached hydrogen (secondary N) is 2. The minimum atomic E-state index is 0.534. The largest absolute Gasteiger partial charge is 0.302 e. The van der Waals surface area contributed by atoms with Crippen molar-refractivity contribution in [2.45, 2.75) is 52.6 Å². The van der Waals surface area contributed by atoms with Gasteiger partial charge >= 0.3 is 0 Å². The molecule has 12 heavy (non-hydrogen) atoms. The van der Waals surface area contributed by atoms with Gasteiger partial charge in [-0.3, -0.25) is 0 Å². The summed E-state index contributed by atoms with van der Waals surface area (Å²) in [5.41, 5.74) is 0. The molecule has 0 aromatic heterocycles. The van der Waals surface area contributed by atoms with Crippen LogP contribution in [0.1, 0.15) is 46.5 Å². The summed E-state index contributed by atoms with van der Waals surface area (Å²) in [6.45, 7) is 8.68. The lowest BCUT2D eigenvalue weighted by molar-refractivity contribution is 0.403. The zero-order valence-electron chi connectivity index (χ0n) is 8.82. The van der Waals surface area contributed by atoms with Crippen LogP contribution in [0, 0.1) is 0 Å². The predicted octanol–water partition coefficient (Wildman–Crippen LogP) is 2.11. The number of rotatable bonds is 8. The van der Waals surface area contributed by atoms with Gasteiger partial charge in [-0.25, -0.2) is 0 Å². The Labute approximate surface area is 77.1 Å². The first kappa shape index (κ1) is 11.9. The molecule has 0 radical (unpaired) electrons. The summed E-state index contributed by atoms with van der Waals surface area (Å²) in [4.78, 5) is 0. The first-order valence-electron chi connectivity index (χ1n) is 5.31. The Hall–Kier alpha value is -0.0800. The quantitative estimate of drug-likeness (QED) is 0.433. The molecule has 0 rings (SSSR count). The van der Waals surface area contributed by atoms with E-state index in [-0.39, 0.29) is 0 Å². The molecule has 0 atom stereocenters. The molecule has 2 nitrogen and oxygen atoms in total. The molecular formula is C10H24N2. The average molecular weight is 172 g/mol. The van der Waals surface area contributed by atoms with Crippen molar-refractivity contribution in [3.63, 3.8) is 0 Å². The Morgan fingerprint density at radius 2 is 1.50 bits per heavy atom. The van der Waals surface area contributed by atoms with Gasteiger partial charge in [0.1, 0.15) is 0 Å². The van der Waals surface area contributed by atoms with E-state index in [1.807, 2.05) is 0 Å². The molecule has 74 valence electrons. The number of hydrogen-bond donors (Lipinski definition) is 2. The minimum absolute atomic E-state index is 0.534. The van der Waals surface area contributed by atoms with Crippen molar-refractivity contribution in [3.05, 3.63) is 0 Å². The van der Waals surface area contributed by atoms with Crippen molar-refractivity contribution in [2.24, 2.45) is 0 Å². The fraction of sp³-hybridized carbons (Fsp3) is 1.00. The lowest BCUT2D eigenvalue weighted by Crippen LogP contribution is -2.41. The Morgan fingerprint density at radius 1 is 0.917 bits per heavy atom. The van der Waals surface area contributed by atoms with Gasteiger partial charge in [0.05, 0.1) is 6.17 Å². The van der Waals surface area contributed by atoms with E-state index >= 15 is 0 Å². The molecule has 0 saturated heterocycles. The Balaban J connectivity index is 3.34. The van der Waals surface area contributed by atoms with Gasteiger partial charge in [0.15, 0.2) is 0 Å². The van der Waals surface area contributed by atoms with E-state index in [0.717, 1.165) is 13.1 Å². The summed E-state index contributed by atoms with van der Waals surface area (Å²) in [5, 5.41) is 6.86. The average Bonchev–Trinajstić information content (AvgIpc) is 2.06. The molecule has 0 aliphatic rings. The van der Waals surface area contributed by atoms with Crippen molar-refractivity contribution in [3.8, 4) is 0 Å². The van der Waals surface area contributed by atoms with Gasteiger partial charge in [-0.15, -0.1) is 0 Å². The van der Waals surface area contributed by atoms with Gasteiger partial charge in [-0.2, -0.15) is 0 Å². The fourth-order valence-electron chi connectivity index (χ4n) is 1.37. The van der Waals surface area contributed by atoms with Crippen molar-refractivity contribution in [1.29, 1.82) is 0 Å². The maximum absolute atomic E-state index is 3.43. The molecule has 2 heteroatoms. The first-order chi connectivity index (χ1) is 5.85. The van der Waals surface area contributed by atoms with Crippen LogP contribution in [-0.2, 0) is 0 Å². The van der Waals surface area contributed by atoms with Crippen molar-refractivity contribution >= 4 is 0 Å². The zero-order chi connectivity index (χ0) is 9.23. The van der Waals surface area contributed by atoms with Gasteiger partial charge in [0.2, 0.25) is 0 Å². The topological polar surface area (TPSA) is 24.1 Å². The van der Waals surface area contributed by atoms with Crippen LogP contribution in [0.2, 0.25) is 0 Å². The molecule has 0 spiro atoms. The molecule has 0 unspecified atom stereocenters. The molecule has 0 heterocycles. The normalized spacial score (nSPS) is 11.0. The lowest BCUT2D eigenvalue weighted by atomic mass is 10.1. The summed E-state index contributed by atoms with van der Waals surface area (Å²) in [6, 6.07) is 0. The van der Waals surface area contributed by atoms with Gasteiger partial charge in [0, 0.05) is 0 Å². The molecule has 0 aliphatic heterocycles. The van der Waals surface area contributed by atoms with Crippen LogP contribution >= 0.6 is 0 Å². The second-order valence-corrected chi connectivity index (χ2v) is 3.16. The molecule has 0 fully saturated rings. The predicted molar refractivity (Wildman–Crippen MR) is 55.3 cm³/mol. The summed E-state index contributed by atoms with van der Waals surface area (Å²) < 4.78 is 0. The van der Waals surface area contributed by atoms with Crippen LogP contribution in [0.25, 0.3) is 0 Å². The highest BCUT2D eigenvalue weighted by molar-refractivity contribution is 4.61. The van der Waals surface area contributed by atoms with E-state index in [0.29, 0.717) is 6.17 Å². The molecule has 0 saturated carbocycles. The second-order valence-electron chi connectivity index (χ2n) is 3.16. The first-order valence-corrected chi connectivity index (χ1v) is 5.31. The van der Waals surface area contributed by atoms with Crippen LogP contribution in [0.5, 0.6) is 0 Å². The highest BCUT2D eigenvalue weighted by atomic mass is 15.1. The van der Waals surface area contributed by atoms with E-state index in [2.05, 4.69) is 31.4 Å². The Morgan fingerprint density at radius 3 is 1.92 bits per heavy atom. The van der Waals surface area contributed by atoms with Crippen LogP contribution in [0.15, 0.2) is 0 Å². The summed E-state index contributed by atoms with van der Waals surface area (Å²) in [6.07, 6.45) is 5.79. The standard InChI is InChI=1S/C10H24N2/c1-4-7-8-9-10(11-5-2)12-6-3/h10-12H,4-9H2,1-3H3. The van der Waals surface area contributed by atoms with Crippen LogP contribution < -0.4 is 10.6 Å². The molecule has 0 bridgehead atoms. The van der Waals surface area contributed by atoms with Crippen molar-refractivity contribution < 1.29 is 0 Å². The number of hydrogen-bond acceptors (Lipinski definition) is 2. The molecule has 0 amide bonds. The highest BCUT2D eigenvalue weighted by Crippen LogP contribution is 2.01. The monoisotopic (exact) mass is 172 g/mol. The maximum Gasteiger partial charge on any atom is 0.0571 e. The molecule has 0 aromatic carbocycles. The van der Waals surface area contributed by atoms with Gasteiger partial charge in [-0.05, 0) is 19.5 Å². The van der Waals surface area contributed by atoms with E-state index < -0.39 is 0 Å². The van der Waals surface area contributed by atoms with E-state index in [9.17, 15) is 0 Å². The van der Waals surface area contributed by atoms with Gasteiger partial charge in [0.25, 0.3) is 0 Å². The molecule has 2 N–H and O–H groups in total. The molecule has 0 aliphatic carbocycles. The van der Waals surface area contributed by atoms with Gasteiger partial charge in [-0.1, -0.05) is 40.0 Å². The lowest BCUT2D eigenvalue weighted by Gasteiger charge is -2.18. The summed E-state index contributed by atoms with van der Waals surface area (Å²) in [5.74, 6) is 0. The zero-order valence-corrected chi connectivity index (χ0v) is 8.82. The molecular weight excluding hydrogens is 148 g/mol. The summed E-state index contributed by atoms with van der Waals surface area (Å²) >= 11 is 0. The van der Waals surface area contributed by atoms with E-state index in [4.69, 9.17) is 0 Å². The van der Waals surface area contributed by atoms with Crippen molar-refractivity contribution in [1.82, 2.24) is 10.6 Å². The fourth-order valence-corrected chi connectivity index (χ4v) is 1.37. The second kappa shape index (κ2) is 9.01. The number of unbranched alkanes of at least 4 members (excludes halogenated alkanes) is 2. The minimum Gasteiger partial charge on any atom is -0.302 e. The van der Waals surface area contributed by atoms with E-state index in [1.165, 1.54) is 25.7 Å². The third kappa shape index (κ3) is 6.62.